The van der Waals surface area contributed by atoms with Gasteiger partial charge in [-0.2, -0.15) is 0 Å². The summed E-state index contributed by atoms with van der Waals surface area (Å²) >= 11 is 3.38. The van der Waals surface area contributed by atoms with Crippen LogP contribution >= 0.6 is 15.9 Å². The number of nitrogens with zero attached hydrogens (tertiary/aromatic N) is 1. The molecular weight excluding hydrogens is 386 g/mol. The van der Waals surface area contributed by atoms with E-state index in [1.54, 1.807) is 13.1 Å². The maximum absolute atomic E-state index is 12.4. The van der Waals surface area contributed by atoms with Crippen LogP contribution in [0.3, 0.4) is 0 Å². The molecule has 7 heteroatoms. The van der Waals surface area contributed by atoms with E-state index in [1.165, 1.54) is 0 Å². The van der Waals surface area contributed by atoms with E-state index >= 15 is 0 Å². The second-order valence-corrected chi connectivity index (χ2v) is 6.54. The monoisotopic (exact) mass is 403 g/mol. The number of para-hydroxylation sites is 2. The molecule has 130 valence electrons. The van der Waals surface area contributed by atoms with Gasteiger partial charge in [0.1, 0.15) is 5.75 Å². The fraction of sp³-hybridized carbons (Fsp3) is 0.222. The Morgan fingerprint density at radius 3 is 2.80 bits per heavy atom. The number of halogens is 1. The van der Waals surface area contributed by atoms with Crippen molar-refractivity contribution in [1.82, 2.24) is 5.32 Å². The lowest BCUT2D eigenvalue weighted by Crippen LogP contribution is -2.50. The molecule has 0 aromatic heterocycles. The summed E-state index contributed by atoms with van der Waals surface area (Å²) in [4.78, 5) is 26.3. The average molecular weight is 404 g/mol. The molecule has 0 saturated carbocycles. The molecule has 1 aliphatic heterocycles. The van der Waals surface area contributed by atoms with Crippen molar-refractivity contribution in [3.63, 3.8) is 0 Å². The van der Waals surface area contributed by atoms with Gasteiger partial charge < -0.3 is 20.3 Å². The number of hydrogen-bond donors (Lipinski definition) is 2. The fourth-order valence-corrected chi connectivity index (χ4v) is 3.09. The van der Waals surface area contributed by atoms with Gasteiger partial charge in [0.2, 0.25) is 5.91 Å². The largest absolute Gasteiger partial charge is 0.477 e. The SMILES string of the molecule is CNC(=O)[C@H]1CN(CC(=O)Nc2cccc(Br)c2)c2ccccc2O1. The van der Waals surface area contributed by atoms with Gasteiger partial charge >= 0.3 is 0 Å². The number of fused-ring (bicyclic) bond motifs is 1. The van der Waals surface area contributed by atoms with Gasteiger partial charge in [-0.15, -0.1) is 0 Å². The van der Waals surface area contributed by atoms with E-state index in [0.717, 1.165) is 10.2 Å². The molecule has 1 heterocycles. The van der Waals surface area contributed by atoms with Crippen LogP contribution in [-0.2, 0) is 9.59 Å². The Labute approximate surface area is 154 Å². The molecule has 0 fully saturated rings. The Morgan fingerprint density at radius 1 is 1.24 bits per heavy atom. The molecule has 2 N–H and O–H groups in total. The van der Waals surface area contributed by atoms with Crippen molar-refractivity contribution in [2.75, 3.05) is 30.4 Å². The first-order chi connectivity index (χ1) is 12.1. The van der Waals surface area contributed by atoms with Crippen molar-refractivity contribution < 1.29 is 14.3 Å². The number of ether oxygens (including phenoxy) is 1. The maximum Gasteiger partial charge on any atom is 0.262 e. The van der Waals surface area contributed by atoms with Gasteiger partial charge in [0.25, 0.3) is 5.91 Å². The molecule has 1 aliphatic rings. The number of nitrogens with one attached hydrogen (secondary N) is 2. The third-order valence-electron chi connectivity index (χ3n) is 3.84. The minimum atomic E-state index is -0.654. The quantitative estimate of drug-likeness (QED) is 0.821. The van der Waals surface area contributed by atoms with Crippen LogP contribution in [0.4, 0.5) is 11.4 Å². The Morgan fingerprint density at radius 2 is 2.04 bits per heavy atom. The number of likely N-dealkylation sites (N-methyl/N-ethyl adjacent to an activating group) is 1. The van der Waals surface area contributed by atoms with Crippen LogP contribution < -0.4 is 20.3 Å². The second-order valence-electron chi connectivity index (χ2n) is 5.63. The Balaban J connectivity index is 1.75. The summed E-state index contributed by atoms with van der Waals surface area (Å²) in [6.07, 6.45) is -0.654. The zero-order valence-electron chi connectivity index (χ0n) is 13.7. The Bertz CT molecular complexity index is 797. The number of anilines is 2. The summed E-state index contributed by atoms with van der Waals surface area (Å²) in [7, 11) is 1.57. The van der Waals surface area contributed by atoms with Gasteiger partial charge in [-0.05, 0) is 30.3 Å². The number of benzene rings is 2. The van der Waals surface area contributed by atoms with E-state index in [2.05, 4.69) is 26.6 Å². The van der Waals surface area contributed by atoms with Crippen LogP contribution in [-0.4, -0.2) is 38.1 Å². The predicted octanol–water partition coefficient (Wildman–Crippen LogP) is 2.40. The first kappa shape index (κ1) is 17.3. The van der Waals surface area contributed by atoms with E-state index in [0.29, 0.717) is 18.0 Å². The minimum absolute atomic E-state index is 0.125. The number of rotatable bonds is 4. The number of carbonyl (C=O) groups is 2. The highest BCUT2D eigenvalue weighted by Gasteiger charge is 2.30. The molecule has 0 radical (unpaired) electrons. The third kappa shape index (κ3) is 4.11. The molecule has 2 amide bonds. The molecule has 1 atom stereocenters. The van der Waals surface area contributed by atoms with Crippen molar-refractivity contribution in [3.8, 4) is 5.75 Å². The van der Waals surface area contributed by atoms with E-state index in [4.69, 9.17) is 4.74 Å². The number of amides is 2. The second kappa shape index (κ2) is 7.57. The van der Waals surface area contributed by atoms with Crippen molar-refractivity contribution in [2.24, 2.45) is 0 Å². The topological polar surface area (TPSA) is 70.7 Å². The van der Waals surface area contributed by atoms with Crippen LogP contribution in [0.25, 0.3) is 0 Å². The predicted molar refractivity (Wildman–Crippen MR) is 99.9 cm³/mol. The summed E-state index contributed by atoms with van der Waals surface area (Å²) < 4.78 is 6.63. The molecule has 2 aromatic rings. The Kier molecular flexibility index (Phi) is 5.23. The zero-order chi connectivity index (χ0) is 17.8. The lowest BCUT2D eigenvalue weighted by molar-refractivity contribution is -0.127. The van der Waals surface area contributed by atoms with E-state index in [1.807, 2.05) is 47.4 Å². The molecule has 3 rings (SSSR count). The smallest absolute Gasteiger partial charge is 0.262 e. The van der Waals surface area contributed by atoms with Crippen LogP contribution in [0.2, 0.25) is 0 Å². The molecule has 6 nitrogen and oxygen atoms in total. The molecule has 0 spiro atoms. The van der Waals surface area contributed by atoms with E-state index in [9.17, 15) is 9.59 Å². The molecule has 25 heavy (non-hydrogen) atoms. The van der Waals surface area contributed by atoms with Gasteiger partial charge in [0.15, 0.2) is 6.10 Å². The van der Waals surface area contributed by atoms with Crippen LogP contribution in [0.5, 0.6) is 5.75 Å². The van der Waals surface area contributed by atoms with Crippen LogP contribution in [0.1, 0.15) is 0 Å². The van der Waals surface area contributed by atoms with Crippen molar-refractivity contribution in [2.45, 2.75) is 6.10 Å². The van der Waals surface area contributed by atoms with Crippen molar-refractivity contribution in [1.29, 1.82) is 0 Å². The highest BCUT2D eigenvalue weighted by atomic mass is 79.9. The fourth-order valence-electron chi connectivity index (χ4n) is 2.69. The third-order valence-corrected chi connectivity index (χ3v) is 4.34. The van der Waals surface area contributed by atoms with Crippen molar-refractivity contribution in [3.05, 3.63) is 53.0 Å². The standard InChI is InChI=1S/C18H18BrN3O3/c1-20-18(24)16-10-22(14-7-2-3-8-15(14)25-16)11-17(23)21-13-6-4-5-12(19)9-13/h2-9,16H,10-11H2,1H3,(H,20,24)(H,21,23)/t16-/m1/s1. The van der Waals surface area contributed by atoms with E-state index in [-0.39, 0.29) is 18.4 Å². The van der Waals surface area contributed by atoms with Gasteiger partial charge in [-0.3, -0.25) is 9.59 Å². The van der Waals surface area contributed by atoms with Gasteiger partial charge in [0, 0.05) is 17.2 Å². The van der Waals surface area contributed by atoms with E-state index < -0.39 is 6.10 Å². The minimum Gasteiger partial charge on any atom is -0.477 e. The zero-order valence-corrected chi connectivity index (χ0v) is 15.2. The lowest BCUT2D eigenvalue weighted by atomic mass is 10.1. The molecule has 0 bridgehead atoms. The first-order valence-electron chi connectivity index (χ1n) is 7.84. The molecule has 0 saturated heterocycles. The summed E-state index contributed by atoms with van der Waals surface area (Å²) in [5.41, 5.74) is 1.51. The van der Waals surface area contributed by atoms with Gasteiger partial charge in [-0.25, -0.2) is 0 Å². The van der Waals surface area contributed by atoms with Crippen LogP contribution in [0, 0.1) is 0 Å². The van der Waals surface area contributed by atoms with Gasteiger partial charge in [-0.1, -0.05) is 34.1 Å². The number of hydrogen-bond acceptors (Lipinski definition) is 4. The van der Waals surface area contributed by atoms with Crippen LogP contribution in [0.15, 0.2) is 53.0 Å². The maximum atomic E-state index is 12.4. The molecule has 0 unspecified atom stereocenters. The number of carbonyl (C=O) groups excluding carboxylic acids is 2. The summed E-state index contributed by atoms with van der Waals surface area (Å²) in [6.45, 7) is 0.434. The summed E-state index contributed by atoms with van der Waals surface area (Å²) in [6, 6.07) is 14.8. The molecule has 0 aliphatic carbocycles. The Hall–Kier alpha value is -2.54. The highest BCUT2D eigenvalue weighted by Crippen LogP contribution is 2.33. The molecular formula is C18H18BrN3O3. The lowest BCUT2D eigenvalue weighted by Gasteiger charge is -2.34. The molecule has 2 aromatic carbocycles. The summed E-state index contributed by atoms with van der Waals surface area (Å²) in [5, 5.41) is 5.46. The highest BCUT2D eigenvalue weighted by molar-refractivity contribution is 9.10. The summed E-state index contributed by atoms with van der Waals surface area (Å²) in [5.74, 6) is 0.218. The average Bonchev–Trinajstić information content (AvgIpc) is 2.60. The van der Waals surface area contributed by atoms with Gasteiger partial charge in [0.05, 0.1) is 18.8 Å². The first-order valence-corrected chi connectivity index (χ1v) is 8.64. The normalized spacial score (nSPS) is 15.8. The van der Waals surface area contributed by atoms with Crippen molar-refractivity contribution >= 4 is 39.1 Å².